The standard InChI is InChI=1S/C23H12Cl6N6O4S2/c24-11-5-14(26)20(15(27)6-11)40(36,37)34-13-3-1-10(2-4-13)18-9-30-19-22(31-18)32-33-23(19)35-41(38,39)21-16(28)7-12(25)8-17(21)29/h1-9,34H,(H2,31,32,33,35). The molecule has 2 heterocycles. The van der Waals surface area contributed by atoms with Gasteiger partial charge in [0.2, 0.25) is 0 Å². The number of nitrogens with one attached hydrogen (secondary N) is 3. The lowest BCUT2D eigenvalue weighted by molar-refractivity contribution is 0.599. The number of hydrogen-bond donors (Lipinski definition) is 3. The van der Waals surface area contributed by atoms with Gasteiger partial charge in [0.25, 0.3) is 20.0 Å². The van der Waals surface area contributed by atoms with Gasteiger partial charge in [0, 0.05) is 21.3 Å². The highest BCUT2D eigenvalue weighted by Crippen LogP contribution is 2.35. The van der Waals surface area contributed by atoms with E-state index in [2.05, 4.69) is 29.6 Å². The van der Waals surface area contributed by atoms with Gasteiger partial charge in [-0.3, -0.25) is 14.5 Å². The van der Waals surface area contributed by atoms with Crippen molar-refractivity contribution in [2.75, 3.05) is 9.44 Å². The fraction of sp³-hybridized carbons (Fsp3) is 0. The third kappa shape index (κ3) is 6.15. The Morgan fingerprint density at radius 1 is 0.683 bits per heavy atom. The van der Waals surface area contributed by atoms with Gasteiger partial charge in [-0.2, -0.15) is 5.10 Å². The second-order valence-electron chi connectivity index (χ2n) is 8.21. The van der Waals surface area contributed by atoms with E-state index >= 15 is 0 Å². The third-order valence-corrected chi connectivity index (χ3v) is 10.4. The van der Waals surface area contributed by atoms with E-state index in [1.54, 1.807) is 12.1 Å². The van der Waals surface area contributed by atoms with Gasteiger partial charge in [0.05, 0.1) is 32.0 Å². The van der Waals surface area contributed by atoms with Crippen molar-refractivity contribution in [2.45, 2.75) is 9.79 Å². The maximum absolute atomic E-state index is 13.0. The van der Waals surface area contributed by atoms with Crippen LogP contribution in [0, 0.1) is 0 Å². The van der Waals surface area contributed by atoms with Crippen LogP contribution in [-0.4, -0.2) is 37.0 Å². The largest absolute Gasteiger partial charge is 0.280 e. The molecule has 0 aliphatic rings. The molecular formula is C23H12Cl6N6O4S2. The summed E-state index contributed by atoms with van der Waals surface area (Å²) in [6.45, 7) is 0. The van der Waals surface area contributed by atoms with Crippen molar-refractivity contribution in [1.82, 2.24) is 20.2 Å². The van der Waals surface area contributed by atoms with Crippen LogP contribution in [0.15, 0.2) is 64.5 Å². The number of benzene rings is 3. The fourth-order valence-corrected chi connectivity index (χ4v) is 8.84. The zero-order chi connectivity index (χ0) is 29.7. The molecule has 0 bridgehead atoms. The van der Waals surface area contributed by atoms with Crippen LogP contribution in [0.1, 0.15) is 0 Å². The number of aromatic amines is 1. The van der Waals surface area contributed by atoms with E-state index in [0.717, 1.165) is 0 Å². The molecule has 5 rings (SSSR count). The van der Waals surface area contributed by atoms with E-state index in [-0.39, 0.29) is 62.6 Å². The Hall–Kier alpha value is -2.55. The van der Waals surface area contributed by atoms with Gasteiger partial charge in [0.1, 0.15) is 9.79 Å². The van der Waals surface area contributed by atoms with E-state index < -0.39 is 20.0 Å². The Bertz CT molecular complexity index is 2010. The Balaban J connectivity index is 1.38. The third-order valence-electron chi connectivity index (χ3n) is 5.40. The average molecular weight is 713 g/mol. The minimum atomic E-state index is -4.26. The topological polar surface area (TPSA) is 147 Å². The SMILES string of the molecule is O=S(=O)(Nc1ccc(-c2cnc3c(NS(=O)(=O)c4c(Cl)cc(Cl)cc4Cl)n[nH]c3n2)cc1)c1c(Cl)cc(Cl)cc1Cl. The summed E-state index contributed by atoms with van der Waals surface area (Å²) in [5.41, 5.74) is 1.48. The smallest absolute Gasteiger partial charge is 0.266 e. The summed E-state index contributed by atoms with van der Waals surface area (Å²) >= 11 is 36.0. The van der Waals surface area contributed by atoms with Gasteiger partial charge in [-0.25, -0.2) is 26.8 Å². The molecule has 10 nitrogen and oxygen atoms in total. The molecule has 0 fully saturated rings. The van der Waals surface area contributed by atoms with Gasteiger partial charge in [0.15, 0.2) is 17.0 Å². The zero-order valence-corrected chi connectivity index (χ0v) is 25.9. The highest BCUT2D eigenvalue weighted by atomic mass is 35.5. The Morgan fingerprint density at radius 3 is 1.68 bits per heavy atom. The number of aromatic nitrogens is 4. The maximum Gasteiger partial charge on any atom is 0.266 e. The molecule has 5 aromatic rings. The second kappa shape index (κ2) is 11.3. The number of anilines is 2. The van der Waals surface area contributed by atoms with Gasteiger partial charge in [-0.05, 0) is 36.4 Å². The van der Waals surface area contributed by atoms with Crippen molar-refractivity contribution in [3.63, 3.8) is 0 Å². The van der Waals surface area contributed by atoms with Gasteiger partial charge < -0.3 is 0 Å². The first-order valence-electron chi connectivity index (χ1n) is 10.9. The summed E-state index contributed by atoms with van der Waals surface area (Å²) in [6.07, 6.45) is 1.39. The molecule has 0 amide bonds. The van der Waals surface area contributed by atoms with Crippen molar-refractivity contribution in [3.05, 3.63) is 84.9 Å². The summed E-state index contributed by atoms with van der Waals surface area (Å²) in [5.74, 6) is -0.134. The van der Waals surface area contributed by atoms with E-state index in [0.29, 0.717) is 11.3 Å². The summed E-state index contributed by atoms with van der Waals surface area (Å²) in [4.78, 5) is 8.03. The van der Waals surface area contributed by atoms with Crippen LogP contribution in [0.3, 0.4) is 0 Å². The van der Waals surface area contributed by atoms with Crippen LogP contribution >= 0.6 is 69.6 Å². The molecule has 41 heavy (non-hydrogen) atoms. The number of H-pyrrole nitrogens is 1. The van der Waals surface area contributed by atoms with E-state index in [1.807, 2.05) is 0 Å². The molecule has 212 valence electrons. The number of nitrogens with zero attached hydrogens (tertiary/aromatic N) is 3. The predicted molar refractivity (Wildman–Crippen MR) is 162 cm³/mol. The number of fused-ring (bicyclic) bond motifs is 1. The molecule has 0 saturated heterocycles. The predicted octanol–water partition coefficient (Wildman–Crippen LogP) is 7.54. The van der Waals surface area contributed by atoms with Crippen molar-refractivity contribution in [1.29, 1.82) is 0 Å². The summed E-state index contributed by atoms with van der Waals surface area (Å²) in [6, 6.07) is 11.2. The number of rotatable bonds is 7. The van der Waals surface area contributed by atoms with E-state index in [9.17, 15) is 16.8 Å². The molecule has 0 aliphatic carbocycles. The van der Waals surface area contributed by atoms with Gasteiger partial charge in [-0.15, -0.1) is 0 Å². The number of hydrogen-bond acceptors (Lipinski definition) is 7. The first-order chi connectivity index (χ1) is 19.2. The highest BCUT2D eigenvalue weighted by Gasteiger charge is 2.26. The van der Waals surface area contributed by atoms with Crippen LogP contribution in [-0.2, 0) is 20.0 Å². The Kier molecular flexibility index (Phi) is 8.22. The van der Waals surface area contributed by atoms with Crippen molar-refractivity contribution < 1.29 is 16.8 Å². The van der Waals surface area contributed by atoms with Crippen LogP contribution < -0.4 is 9.44 Å². The average Bonchev–Trinajstić information content (AvgIpc) is 3.23. The van der Waals surface area contributed by atoms with Crippen LogP contribution in [0.5, 0.6) is 0 Å². The highest BCUT2D eigenvalue weighted by molar-refractivity contribution is 7.93. The molecule has 0 saturated carbocycles. The zero-order valence-electron chi connectivity index (χ0n) is 19.8. The van der Waals surface area contributed by atoms with Gasteiger partial charge >= 0.3 is 0 Å². The molecule has 0 atom stereocenters. The molecule has 3 aromatic carbocycles. The maximum atomic E-state index is 13.0. The number of sulfonamides is 2. The normalized spacial score (nSPS) is 12.0. The van der Waals surface area contributed by atoms with Gasteiger partial charge in [-0.1, -0.05) is 81.7 Å². The lowest BCUT2D eigenvalue weighted by atomic mass is 10.1. The molecular weight excluding hydrogens is 701 g/mol. The summed E-state index contributed by atoms with van der Waals surface area (Å²) in [5, 5.41) is 6.34. The monoisotopic (exact) mass is 710 g/mol. The second-order valence-corrected chi connectivity index (χ2v) is 14.0. The van der Waals surface area contributed by atoms with E-state index in [4.69, 9.17) is 69.6 Å². The minimum Gasteiger partial charge on any atom is -0.280 e. The summed E-state index contributed by atoms with van der Waals surface area (Å²) < 4.78 is 56.4. The van der Waals surface area contributed by atoms with Crippen LogP contribution in [0.25, 0.3) is 22.4 Å². The van der Waals surface area contributed by atoms with Crippen LogP contribution in [0.4, 0.5) is 11.5 Å². The number of halogens is 6. The van der Waals surface area contributed by atoms with Crippen molar-refractivity contribution in [2.24, 2.45) is 0 Å². The Labute approximate surface area is 263 Å². The molecule has 0 radical (unpaired) electrons. The fourth-order valence-electron chi connectivity index (χ4n) is 3.68. The minimum absolute atomic E-state index is 0.125. The van der Waals surface area contributed by atoms with Crippen molar-refractivity contribution >= 4 is 112 Å². The summed E-state index contributed by atoms with van der Waals surface area (Å²) in [7, 11) is -8.40. The van der Waals surface area contributed by atoms with Crippen molar-refractivity contribution in [3.8, 4) is 11.3 Å². The first kappa shape index (κ1) is 29.9. The molecule has 0 aliphatic heterocycles. The molecule has 3 N–H and O–H groups in total. The lowest BCUT2D eigenvalue weighted by Crippen LogP contribution is -2.14. The first-order valence-corrected chi connectivity index (χ1v) is 16.1. The van der Waals surface area contributed by atoms with Crippen LogP contribution in [0.2, 0.25) is 30.1 Å². The lowest BCUT2D eigenvalue weighted by Gasteiger charge is -2.12. The molecule has 2 aromatic heterocycles. The quantitative estimate of drug-likeness (QED) is 0.158. The molecule has 0 unspecified atom stereocenters. The molecule has 18 heteroatoms. The molecule has 0 spiro atoms. The van der Waals surface area contributed by atoms with E-state index in [1.165, 1.54) is 42.6 Å². The Morgan fingerprint density at radius 2 is 1.17 bits per heavy atom.